The Morgan fingerprint density at radius 3 is 2.61 bits per heavy atom. The summed E-state index contributed by atoms with van der Waals surface area (Å²) in [6.07, 6.45) is 0. The van der Waals surface area contributed by atoms with Crippen LogP contribution < -0.4 is 4.74 Å². The van der Waals surface area contributed by atoms with Crippen molar-refractivity contribution in [1.82, 2.24) is 4.31 Å². The molecule has 0 N–H and O–H groups in total. The summed E-state index contributed by atoms with van der Waals surface area (Å²) < 4.78 is 36.3. The fourth-order valence-electron chi connectivity index (χ4n) is 1.74. The van der Waals surface area contributed by atoms with E-state index >= 15 is 0 Å². The van der Waals surface area contributed by atoms with E-state index in [1.54, 1.807) is 0 Å². The Balaban J connectivity index is 2.34. The van der Waals surface area contributed by atoms with Crippen LogP contribution in [0.4, 0.5) is 0 Å². The van der Waals surface area contributed by atoms with Gasteiger partial charge in [0.15, 0.2) is 0 Å². The number of hydrogen-bond donors (Lipinski definition) is 0. The number of nitrogens with zero attached hydrogens (tertiary/aromatic N) is 1. The molecule has 1 aliphatic heterocycles. The van der Waals surface area contributed by atoms with Crippen molar-refractivity contribution < 1.29 is 17.9 Å². The van der Waals surface area contributed by atoms with Crippen LogP contribution in [0.1, 0.15) is 0 Å². The molecule has 1 fully saturated rings. The van der Waals surface area contributed by atoms with Crippen LogP contribution in [0.5, 0.6) is 5.75 Å². The van der Waals surface area contributed by atoms with Gasteiger partial charge in [-0.15, -0.1) is 0 Å². The van der Waals surface area contributed by atoms with Crippen molar-refractivity contribution >= 4 is 21.6 Å². The molecule has 1 saturated heterocycles. The van der Waals surface area contributed by atoms with Crippen LogP contribution in [0.15, 0.2) is 23.1 Å². The lowest BCUT2D eigenvalue weighted by Gasteiger charge is -2.26. The summed E-state index contributed by atoms with van der Waals surface area (Å²) in [5.74, 6) is 0.353. The second-order valence-electron chi connectivity index (χ2n) is 3.81. The summed E-state index contributed by atoms with van der Waals surface area (Å²) in [6.45, 7) is 1.58. The zero-order valence-corrected chi connectivity index (χ0v) is 11.5. The van der Waals surface area contributed by atoms with Crippen molar-refractivity contribution in [1.29, 1.82) is 0 Å². The van der Waals surface area contributed by atoms with Gasteiger partial charge in [0.1, 0.15) is 5.75 Å². The standard InChI is InChI=1S/C11H14ClNO4S/c1-16-11-8-9(2-3-10(11)12)18(14,15)13-4-6-17-7-5-13/h2-3,8H,4-7H2,1H3. The first kappa shape index (κ1) is 13.6. The molecular weight excluding hydrogens is 278 g/mol. The predicted molar refractivity (Wildman–Crippen MR) is 67.6 cm³/mol. The van der Waals surface area contributed by atoms with Crippen LogP contribution in [0.25, 0.3) is 0 Å². The summed E-state index contributed by atoms with van der Waals surface area (Å²) in [4.78, 5) is 0.186. The van der Waals surface area contributed by atoms with Gasteiger partial charge >= 0.3 is 0 Å². The van der Waals surface area contributed by atoms with Gasteiger partial charge in [-0.05, 0) is 12.1 Å². The second kappa shape index (κ2) is 5.44. The van der Waals surface area contributed by atoms with Crippen molar-refractivity contribution in [2.45, 2.75) is 4.90 Å². The third kappa shape index (κ3) is 2.61. The molecule has 0 spiro atoms. The van der Waals surface area contributed by atoms with E-state index in [1.165, 1.54) is 29.6 Å². The molecule has 1 aromatic rings. The van der Waals surface area contributed by atoms with Crippen LogP contribution in [0.2, 0.25) is 5.02 Å². The molecule has 7 heteroatoms. The highest BCUT2D eigenvalue weighted by atomic mass is 35.5. The van der Waals surface area contributed by atoms with Gasteiger partial charge in [0, 0.05) is 19.2 Å². The van der Waals surface area contributed by atoms with Crippen LogP contribution >= 0.6 is 11.6 Å². The highest BCUT2D eigenvalue weighted by Crippen LogP contribution is 2.28. The highest BCUT2D eigenvalue weighted by Gasteiger charge is 2.26. The molecule has 0 saturated carbocycles. The van der Waals surface area contributed by atoms with Gasteiger partial charge in [-0.1, -0.05) is 11.6 Å². The van der Waals surface area contributed by atoms with Gasteiger partial charge in [0.2, 0.25) is 10.0 Å². The predicted octanol–water partition coefficient (Wildman–Crippen LogP) is 1.37. The fraction of sp³-hybridized carbons (Fsp3) is 0.455. The van der Waals surface area contributed by atoms with Crippen molar-refractivity contribution in [3.05, 3.63) is 23.2 Å². The van der Waals surface area contributed by atoms with E-state index in [0.29, 0.717) is 37.1 Å². The van der Waals surface area contributed by atoms with Crippen LogP contribution in [-0.2, 0) is 14.8 Å². The first-order valence-corrected chi connectivity index (χ1v) is 7.29. The number of methoxy groups -OCH3 is 1. The third-order valence-corrected chi connectivity index (χ3v) is 4.94. The van der Waals surface area contributed by atoms with Gasteiger partial charge in [-0.3, -0.25) is 0 Å². The Morgan fingerprint density at radius 1 is 1.33 bits per heavy atom. The molecular formula is C11H14ClNO4S. The quantitative estimate of drug-likeness (QED) is 0.844. The number of rotatable bonds is 3. The molecule has 0 unspecified atom stereocenters. The topological polar surface area (TPSA) is 55.8 Å². The Bertz CT molecular complexity index is 526. The molecule has 0 radical (unpaired) electrons. The third-order valence-electron chi connectivity index (χ3n) is 2.73. The highest BCUT2D eigenvalue weighted by molar-refractivity contribution is 7.89. The lowest BCUT2D eigenvalue weighted by molar-refractivity contribution is 0.0730. The number of sulfonamides is 1. The molecule has 5 nitrogen and oxygen atoms in total. The summed E-state index contributed by atoms with van der Waals surface area (Å²) in [6, 6.07) is 4.44. The Hall–Kier alpha value is -0.820. The maximum Gasteiger partial charge on any atom is 0.243 e. The summed E-state index contributed by atoms with van der Waals surface area (Å²) in [5.41, 5.74) is 0. The van der Waals surface area contributed by atoms with Crippen LogP contribution in [0, 0.1) is 0 Å². The first-order valence-electron chi connectivity index (χ1n) is 5.47. The van der Waals surface area contributed by atoms with E-state index in [4.69, 9.17) is 21.1 Å². The second-order valence-corrected chi connectivity index (χ2v) is 6.16. The monoisotopic (exact) mass is 291 g/mol. The summed E-state index contributed by atoms with van der Waals surface area (Å²) >= 11 is 5.88. The van der Waals surface area contributed by atoms with Gasteiger partial charge in [-0.2, -0.15) is 4.31 Å². The van der Waals surface area contributed by atoms with Crippen LogP contribution in [0.3, 0.4) is 0 Å². The Morgan fingerprint density at radius 2 is 2.00 bits per heavy atom. The average molecular weight is 292 g/mol. The molecule has 1 heterocycles. The minimum atomic E-state index is -3.50. The molecule has 0 amide bonds. The molecule has 100 valence electrons. The molecule has 0 aromatic heterocycles. The fourth-order valence-corrected chi connectivity index (χ4v) is 3.36. The van der Waals surface area contributed by atoms with Crippen molar-refractivity contribution in [2.75, 3.05) is 33.4 Å². The van der Waals surface area contributed by atoms with Crippen molar-refractivity contribution in [3.63, 3.8) is 0 Å². The molecule has 0 atom stereocenters. The molecule has 1 aliphatic rings. The Labute approximate surface area is 111 Å². The molecule has 2 rings (SSSR count). The van der Waals surface area contributed by atoms with E-state index in [2.05, 4.69) is 0 Å². The van der Waals surface area contributed by atoms with Crippen LogP contribution in [-0.4, -0.2) is 46.1 Å². The molecule has 18 heavy (non-hydrogen) atoms. The minimum absolute atomic E-state index is 0.186. The number of ether oxygens (including phenoxy) is 2. The van der Waals surface area contributed by atoms with Gasteiger partial charge in [0.05, 0.1) is 30.2 Å². The number of hydrogen-bond acceptors (Lipinski definition) is 4. The van der Waals surface area contributed by atoms with E-state index in [-0.39, 0.29) is 4.90 Å². The lowest BCUT2D eigenvalue weighted by atomic mass is 10.3. The largest absolute Gasteiger partial charge is 0.495 e. The molecule has 0 bridgehead atoms. The summed E-state index contributed by atoms with van der Waals surface area (Å²) in [7, 11) is -2.05. The van der Waals surface area contributed by atoms with E-state index in [1.807, 2.05) is 0 Å². The first-order chi connectivity index (χ1) is 8.55. The average Bonchev–Trinajstić information content (AvgIpc) is 2.40. The maximum atomic E-state index is 12.3. The number of morpholine rings is 1. The van der Waals surface area contributed by atoms with E-state index < -0.39 is 10.0 Å². The number of benzene rings is 1. The van der Waals surface area contributed by atoms with Crippen molar-refractivity contribution in [2.24, 2.45) is 0 Å². The lowest BCUT2D eigenvalue weighted by Crippen LogP contribution is -2.40. The van der Waals surface area contributed by atoms with Gasteiger partial charge < -0.3 is 9.47 Å². The zero-order valence-electron chi connectivity index (χ0n) is 9.93. The maximum absolute atomic E-state index is 12.3. The minimum Gasteiger partial charge on any atom is -0.495 e. The van der Waals surface area contributed by atoms with Gasteiger partial charge in [-0.25, -0.2) is 8.42 Å². The molecule has 0 aliphatic carbocycles. The zero-order chi connectivity index (χ0) is 13.2. The Kier molecular flexibility index (Phi) is 4.11. The van der Waals surface area contributed by atoms with Crippen molar-refractivity contribution in [3.8, 4) is 5.75 Å². The normalized spacial score (nSPS) is 17.7. The molecule has 1 aromatic carbocycles. The smallest absolute Gasteiger partial charge is 0.243 e. The van der Waals surface area contributed by atoms with Gasteiger partial charge in [0.25, 0.3) is 0 Å². The van der Waals surface area contributed by atoms with E-state index in [9.17, 15) is 8.42 Å². The SMILES string of the molecule is COc1cc(S(=O)(=O)N2CCOCC2)ccc1Cl. The van der Waals surface area contributed by atoms with E-state index in [0.717, 1.165) is 0 Å². The summed E-state index contributed by atoms with van der Waals surface area (Å²) in [5, 5.41) is 0.387. The number of halogens is 1.